The minimum atomic E-state index is -1.89. The normalized spacial score (nSPS) is 46.2. The Labute approximate surface area is 295 Å². The molecule has 0 spiro atoms. The lowest BCUT2D eigenvalue weighted by molar-refractivity contribution is -0.322. The fourth-order valence-electron chi connectivity index (χ4n) is 7.08. The SMILES string of the molecule is CO[C@@H]1[C@H](O)[C@@H](C)O[C@@H](OC[C@H]2/C=C/CCC(=O)[C@@](C)(O)C[C@H](C)[C@H](O[C@@H]3O[C@H](C)C[C@](O)([C@H](C)O)[C@H]3O)[C@@H](C)/C=C/C(=O)O[C@@H]2C)[C@@H]1OC. The zero-order valence-electron chi connectivity index (χ0n) is 30.8. The first kappa shape index (κ1) is 42.6. The summed E-state index contributed by atoms with van der Waals surface area (Å²) in [6.45, 7) is 11.5. The molecule has 0 aromatic heterocycles. The van der Waals surface area contributed by atoms with Gasteiger partial charge < -0.3 is 58.7 Å². The predicted molar refractivity (Wildman–Crippen MR) is 179 cm³/mol. The Bertz CT molecular complexity index is 1160. The number of rotatable bonds is 8. The van der Waals surface area contributed by atoms with E-state index in [4.69, 9.17) is 33.2 Å². The highest BCUT2D eigenvalue weighted by Gasteiger charge is 2.52. The van der Waals surface area contributed by atoms with Crippen LogP contribution in [0.2, 0.25) is 0 Å². The molecule has 3 aliphatic heterocycles. The van der Waals surface area contributed by atoms with Gasteiger partial charge in [0.15, 0.2) is 18.4 Å². The standard InChI is InChI=1S/C36H60O14/c1-19-14-15-27(39)48-22(4)25(18-46-33-31(45-9)30(44-8)28(40)23(5)49-33)12-10-11-13-26(38)35(7,42)16-20(2)29(19)50-34-32(41)36(43,24(6)37)17-21(3)47-34/h10,12,14-15,19-25,28-34,37,40-43H,11,13,16-18H2,1-9H3/b12-10+,15-14+/t19-,20-,21+,22+,23+,24-,25+,28+,29+,30+,31+,32-,33+,34-,35-,36-/m0/s1. The predicted octanol–water partition coefficient (Wildman–Crippen LogP) is 1.57. The highest BCUT2D eigenvalue weighted by Crippen LogP contribution is 2.36. The smallest absolute Gasteiger partial charge is 0.330 e. The molecular weight excluding hydrogens is 656 g/mol. The monoisotopic (exact) mass is 716 g/mol. The zero-order valence-corrected chi connectivity index (χ0v) is 30.8. The van der Waals surface area contributed by atoms with Crippen molar-refractivity contribution in [3.8, 4) is 0 Å². The second-order valence-corrected chi connectivity index (χ2v) is 14.5. The maximum Gasteiger partial charge on any atom is 0.330 e. The molecule has 16 atom stereocenters. The summed E-state index contributed by atoms with van der Waals surface area (Å²) in [4.78, 5) is 26.4. The van der Waals surface area contributed by atoms with Gasteiger partial charge in [-0.3, -0.25) is 4.79 Å². The van der Waals surface area contributed by atoms with Crippen LogP contribution in [0, 0.1) is 17.8 Å². The molecule has 0 aromatic rings. The van der Waals surface area contributed by atoms with E-state index < -0.39 is 102 Å². The van der Waals surface area contributed by atoms with Crippen LogP contribution >= 0.6 is 0 Å². The third-order valence-corrected chi connectivity index (χ3v) is 10.3. The maximum absolute atomic E-state index is 13.3. The van der Waals surface area contributed by atoms with Crippen molar-refractivity contribution in [3.63, 3.8) is 0 Å². The van der Waals surface area contributed by atoms with E-state index >= 15 is 0 Å². The number of cyclic esters (lactones) is 1. The van der Waals surface area contributed by atoms with Crippen molar-refractivity contribution in [2.75, 3.05) is 20.8 Å². The van der Waals surface area contributed by atoms with Crippen LogP contribution in [-0.2, 0) is 42.7 Å². The molecule has 3 rings (SSSR count). The summed E-state index contributed by atoms with van der Waals surface area (Å²) >= 11 is 0. The number of Topliss-reactive ketones (excluding diaryl/α,β-unsaturated/α-hetero) is 1. The molecule has 288 valence electrons. The van der Waals surface area contributed by atoms with Gasteiger partial charge in [-0.05, 0) is 53.4 Å². The number of hydrogen-bond donors (Lipinski definition) is 5. The molecule has 0 aliphatic carbocycles. The van der Waals surface area contributed by atoms with Crippen LogP contribution in [0.1, 0.15) is 74.1 Å². The van der Waals surface area contributed by atoms with E-state index in [1.165, 1.54) is 34.1 Å². The number of ether oxygens (including phenoxy) is 7. The van der Waals surface area contributed by atoms with E-state index in [9.17, 15) is 35.1 Å². The number of aliphatic hydroxyl groups excluding tert-OH is 3. The van der Waals surface area contributed by atoms with Gasteiger partial charge in [-0.15, -0.1) is 0 Å². The molecule has 14 nitrogen and oxygen atoms in total. The molecule has 14 heteroatoms. The van der Waals surface area contributed by atoms with Crippen molar-refractivity contribution in [3.05, 3.63) is 24.3 Å². The molecule has 3 heterocycles. The third-order valence-electron chi connectivity index (χ3n) is 10.3. The van der Waals surface area contributed by atoms with Crippen LogP contribution in [0.4, 0.5) is 0 Å². The number of esters is 1. The average Bonchev–Trinajstić information content (AvgIpc) is 3.04. The molecule has 5 N–H and O–H groups in total. The molecule has 0 aromatic carbocycles. The number of carbonyl (C=O) groups excluding carboxylic acids is 2. The van der Waals surface area contributed by atoms with Gasteiger partial charge in [-0.1, -0.05) is 32.1 Å². The topological polar surface area (TPSA) is 200 Å². The summed E-state index contributed by atoms with van der Waals surface area (Å²) in [6.07, 6.45) is -3.41. The summed E-state index contributed by atoms with van der Waals surface area (Å²) < 4.78 is 40.9. The van der Waals surface area contributed by atoms with Crippen LogP contribution in [0.25, 0.3) is 0 Å². The van der Waals surface area contributed by atoms with Gasteiger partial charge in [0.2, 0.25) is 0 Å². The molecule has 2 saturated heterocycles. The van der Waals surface area contributed by atoms with Crippen LogP contribution < -0.4 is 0 Å². The number of carbonyl (C=O) groups is 2. The lowest BCUT2D eigenvalue weighted by Crippen LogP contribution is -2.63. The molecule has 0 amide bonds. The van der Waals surface area contributed by atoms with Gasteiger partial charge >= 0.3 is 5.97 Å². The van der Waals surface area contributed by atoms with Crippen LogP contribution in [-0.4, -0.2) is 137 Å². The third kappa shape index (κ3) is 10.4. The van der Waals surface area contributed by atoms with E-state index in [1.54, 1.807) is 52.8 Å². The molecule has 3 aliphatic rings. The van der Waals surface area contributed by atoms with Gasteiger partial charge in [-0.25, -0.2) is 4.79 Å². The molecule has 0 radical (unpaired) electrons. The van der Waals surface area contributed by atoms with E-state index in [0.717, 1.165) is 0 Å². The maximum atomic E-state index is 13.3. The van der Waals surface area contributed by atoms with Crippen molar-refractivity contribution in [1.29, 1.82) is 0 Å². The van der Waals surface area contributed by atoms with Crippen molar-refractivity contribution in [2.45, 2.75) is 153 Å². The van der Waals surface area contributed by atoms with Crippen LogP contribution in [0.3, 0.4) is 0 Å². The lowest BCUT2D eigenvalue weighted by atomic mass is 9.81. The van der Waals surface area contributed by atoms with Gasteiger partial charge in [0, 0.05) is 45.0 Å². The Hall–Kier alpha value is -1.82. The number of ketones is 1. The molecule has 0 saturated carbocycles. The Morgan fingerprint density at radius 1 is 0.920 bits per heavy atom. The summed E-state index contributed by atoms with van der Waals surface area (Å²) in [5, 5.41) is 54.3. The molecule has 0 unspecified atom stereocenters. The molecular formula is C36H60O14. The Kier molecular flexibility index (Phi) is 15.6. The quantitative estimate of drug-likeness (QED) is 0.179. The molecule has 0 bridgehead atoms. The van der Waals surface area contributed by atoms with Crippen molar-refractivity contribution in [1.82, 2.24) is 0 Å². The Morgan fingerprint density at radius 3 is 2.20 bits per heavy atom. The van der Waals surface area contributed by atoms with Crippen molar-refractivity contribution < 1.29 is 68.3 Å². The first-order valence-corrected chi connectivity index (χ1v) is 17.6. The highest BCUT2D eigenvalue weighted by atomic mass is 16.7. The molecule has 2 fully saturated rings. The summed E-state index contributed by atoms with van der Waals surface area (Å²) in [7, 11) is 2.93. The number of aliphatic hydroxyl groups is 5. The highest BCUT2D eigenvalue weighted by molar-refractivity contribution is 5.86. The first-order valence-electron chi connectivity index (χ1n) is 17.6. The minimum Gasteiger partial charge on any atom is -0.459 e. The van der Waals surface area contributed by atoms with Gasteiger partial charge in [0.1, 0.15) is 41.7 Å². The summed E-state index contributed by atoms with van der Waals surface area (Å²) in [5.74, 6) is -2.51. The van der Waals surface area contributed by atoms with E-state index in [-0.39, 0.29) is 31.7 Å². The van der Waals surface area contributed by atoms with E-state index in [2.05, 4.69) is 0 Å². The molecule has 50 heavy (non-hydrogen) atoms. The van der Waals surface area contributed by atoms with Gasteiger partial charge in [0.25, 0.3) is 0 Å². The van der Waals surface area contributed by atoms with Crippen LogP contribution in [0.5, 0.6) is 0 Å². The largest absolute Gasteiger partial charge is 0.459 e. The zero-order chi connectivity index (χ0) is 37.6. The van der Waals surface area contributed by atoms with Gasteiger partial charge in [0.05, 0.1) is 31.0 Å². The summed E-state index contributed by atoms with van der Waals surface area (Å²) in [5.41, 5.74) is -3.62. The second-order valence-electron chi connectivity index (χ2n) is 14.5. The average molecular weight is 717 g/mol. The minimum absolute atomic E-state index is 0.00692. The fraction of sp³-hybridized carbons (Fsp3) is 0.833. The summed E-state index contributed by atoms with van der Waals surface area (Å²) in [6, 6.07) is 0. The Morgan fingerprint density at radius 2 is 1.58 bits per heavy atom. The number of allylic oxidation sites excluding steroid dienone is 1. The van der Waals surface area contributed by atoms with Crippen molar-refractivity contribution in [2.24, 2.45) is 17.8 Å². The van der Waals surface area contributed by atoms with E-state index in [1.807, 2.05) is 0 Å². The Balaban J connectivity index is 1.85. The second kappa shape index (κ2) is 18.3. The van der Waals surface area contributed by atoms with Crippen LogP contribution in [0.15, 0.2) is 24.3 Å². The van der Waals surface area contributed by atoms with Gasteiger partial charge in [-0.2, -0.15) is 0 Å². The van der Waals surface area contributed by atoms with Crippen molar-refractivity contribution >= 4 is 11.8 Å². The number of hydrogen-bond acceptors (Lipinski definition) is 14. The number of methoxy groups -OCH3 is 2. The first-order chi connectivity index (χ1) is 23.4. The lowest BCUT2D eigenvalue weighted by Gasteiger charge is -2.47. The fourth-order valence-corrected chi connectivity index (χ4v) is 7.08. The van der Waals surface area contributed by atoms with E-state index in [0.29, 0.717) is 6.42 Å².